The lowest BCUT2D eigenvalue weighted by atomic mass is 10.2. The quantitative estimate of drug-likeness (QED) is 0.402. The molecule has 0 unspecified atom stereocenters. The van der Waals surface area contributed by atoms with Gasteiger partial charge in [0.05, 0.1) is 12.8 Å². The van der Waals surface area contributed by atoms with Crippen LogP contribution in [0.1, 0.15) is 22.8 Å². The molecule has 0 bridgehead atoms. The Morgan fingerprint density at radius 1 is 1.32 bits per heavy atom. The number of hydrogen-bond donors (Lipinski definition) is 1. The summed E-state index contributed by atoms with van der Waals surface area (Å²) in [5, 5.41) is 4.00. The zero-order valence-electron chi connectivity index (χ0n) is 11.8. The second-order valence-corrected chi connectivity index (χ2v) is 6.48. The average Bonchev–Trinajstić information content (AvgIpc) is 2.50. The number of nitrogens with zero attached hydrogens (tertiary/aromatic N) is 1. The van der Waals surface area contributed by atoms with Crippen molar-refractivity contribution in [2.45, 2.75) is 6.92 Å². The first-order valence-corrected chi connectivity index (χ1v) is 8.48. The molecule has 2 aromatic carbocycles. The standard InChI is InChI=1S/C16H14BrIN2O2/c1-2-22-15-8-5-13(17)9-12(15)10-19-20-16(21)11-3-6-14(18)7-4-11/h3-10H,2H2,1H3,(H,20,21)/b19-10-. The molecule has 0 spiro atoms. The van der Waals surface area contributed by atoms with Crippen molar-refractivity contribution in [2.24, 2.45) is 5.10 Å². The summed E-state index contributed by atoms with van der Waals surface area (Å²) in [6, 6.07) is 12.9. The van der Waals surface area contributed by atoms with Gasteiger partial charge in [-0.1, -0.05) is 15.9 Å². The Labute approximate surface area is 151 Å². The second-order valence-electron chi connectivity index (χ2n) is 4.32. The Balaban J connectivity index is 2.07. The van der Waals surface area contributed by atoms with Crippen LogP contribution in [-0.2, 0) is 0 Å². The number of amides is 1. The van der Waals surface area contributed by atoms with E-state index in [1.165, 1.54) is 0 Å². The fourth-order valence-electron chi connectivity index (χ4n) is 1.73. The van der Waals surface area contributed by atoms with Gasteiger partial charge in [0, 0.05) is 19.2 Å². The smallest absolute Gasteiger partial charge is 0.271 e. The van der Waals surface area contributed by atoms with Crippen LogP contribution in [0.15, 0.2) is 52.0 Å². The van der Waals surface area contributed by atoms with Crippen LogP contribution in [0, 0.1) is 3.57 Å². The molecule has 2 aromatic rings. The number of ether oxygens (including phenoxy) is 1. The molecule has 1 N–H and O–H groups in total. The Morgan fingerprint density at radius 3 is 2.73 bits per heavy atom. The molecule has 0 fully saturated rings. The van der Waals surface area contributed by atoms with E-state index in [0.29, 0.717) is 12.2 Å². The van der Waals surface area contributed by atoms with Crippen molar-refractivity contribution in [3.05, 3.63) is 61.6 Å². The number of hydrogen-bond acceptors (Lipinski definition) is 3. The van der Waals surface area contributed by atoms with E-state index in [9.17, 15) is 4.79 Å². The first kappa shape index (κ1) is 17.0. The van der Waals surface area contributed by atoms with Gasteiger partial charge >= 0.3 is 0 Å². The highest BCUT2D eigenvalue weighted by Gasteiger charge is 2.04. The largest absolute Gasteiger partial charge is 0.493 e. The summed E-state index contributed by atoms with van der Waals surface area (Å²) in [5.74, 6) is 0.471. The molecule has 6 heteroatoms. The maximum atomic E-state index is 12.0. The fraction of sp³-hybridized carbons (Fsp3) is 0.125. The third-order valence-corrected chi connectivity index (χ3v) is 3.96. The molecular formula is C16H14BrIN2O2. The van der Waals surface area contributed by atoms with Crippen LogP contribution >= 0.6 is 38.5 Å². The summed E-state index contributed by atoms with van der Waals surface area (Å²) in [6.45, 7) is 2.49. The van der Waals surface area contributed by atoms with E-state index in [1.807, 2.05) is 37.3 Å². The minimum absolute atomic E-state index is 0.249. The van der Waals surface area contributed by atoms with Crippen LogP contribution in [0.4, 0.5) is 0 Å². The van der Waals surface area contributed by atoms with Gasteiger partial charge in [-0.05, 0) is 72.0 Å². The number of nitrogens with one attached hydrogen (secondary N) is 1. The van der Waals surface area contributed by atoms with Gasteiger partial charge in [0.15, 0.2) is 0 Å². The van der Waals surface area contributed by atoms with Crippen LogP contribution in [0.5, 0.6) is 5.75 Å². The Bertz CT molecular complexity index is 687. The molecule has 1 amide bonds. The number of benzene rings is 2. The van der Waals surface area contributed by atoms with Crippen LogP contribution < -0.4 is 10.2 Å². The van der Waals surface area contributed by atoms with Crippen molar-refractivity contribution in [2.75, 3.05) is 6.61 Å². The fourth-order valence-corrected chi connectivity index (χ4v) is 2.47. The lowest BCUT2D eigenvalue weighted by Crippen LogP contribution is -2.17. The van der Waals surface area contributed by atoms with E-state index in [2.05, 4.69) is 49.0 Å². The lowest BCUT2D eigenvalue weighted by Gasteiger charge is -2.07. The van der Waals surface area contributed by atoms with Gasteiger partial charge in [0.2, 0.25) is 0 Å². The molecule has 0 aromatic heterocycles. The van der Waals surface area contributed by atoms with Gasteiger partial charge in [-0.25, -0.2) is 5.43 Å². The summed E-state index contributed by atoms with van der Waals surface area (Å²) >= 11 is 5.60. The molecule has 0 saturated heterocycles. The molecule has 0 aliphatic carbocycles. The number of hydrazone groups is 1. The Kier molecular flexibility index (Phi) is 6.38. The molecule has 22 heavy (non-hydrogen) atoms. The monoisotopic (exact) mass is 472 g/mol. The highest BCUT2D eigenvalue weighted by atomic mass is 127. The van der Waals surface area contributed by atoms with Gasteiger partial charge in [-0.2, -0.15) is 5.10 Å². The SMILES string of the molecule is CCOc1ccc(Br)cc1/C=N\NC(=O)c1ccc(I)cc1. The van der Waals surface area contributed by atoms with Gasteiger partial charge in [-0.3, -0.25) is 4.79 Å². The second kappa shape index (κ2) is 8.28. The van der Waals surface area contributed by atoms with Crippen LogP contribution in [0.3, 0.4) is 0 Å². The zero-order chi connectivity index (χ0) is 15.9. The normalized spacial score (nSPS) is 10.7. The molecule has 0 saturated carbocycles. The van der Waals surface area contributed by atoms with Crippen molar-refractivity contribution < 1.29 is 9.53 Å². The highest BCUT2D eigenvalue weighted by Crippen LogP contribution is 2.21. The van der Waals surface area contributed by atoms with E-state index in [4.69, 9.17) is 4.74 Å². The van der Waals surface area contributed by atoms with Crippen molar-refractivity contribution in [1.29, 1.82) is 0 Å². The molecule has 0 aliphatic rings. The number of halogens is 2. The highest BCUT2D eigenvalue weighted by molar-refractivity contribution is 14.1. The van der Waals surface area contributed by atoms with E-state index in [1.54, 1.807) is 18.3 Å². The van der Waals surface area contributed by atoms with Gasteiger partial charge in [0.1, 0.15) is 5.75 Å². The summed E-state index contributed by atoms with van der Waals surface area (Å²) < 4.78 is 7.52. The molecule has 0 atom stereocenters. The maximum Gasteiger partial charge on any atom is 0.271 e. The van der Waals surface area contributed by atoms with E-state index in [-0.39, 0.29) is 5.91 Å². The number of carbonyl (C=O) groups excluding carboxylic acids is 1. The molecule has 0 aliphatic heterocycles. The predicted molar refractivity (Wildman–Crippen MR) is 99.5 cm³/mol. The number of rotatable bonds is 5. The molecule has 0 heterocycles. The van der Waals surface area contributed by atoms with Crippen molar-refractivity contribution in [3.8, 4) is 5.75 Å². The average molecular weight is 473 g/mol. The Hall–Kier alpha value is -1.41. The summed E-state index contributed by atoms with van der Waals surface area (Å²) in [4.78, 5) is 12.0. The first-order valence-electron chi connectivity index (χ1n) is 6.61. The maximum absolute atomic E-state index is 12.0. The summed E-state index contributed by atoms with van der Waals surface area (Å²) in [5.41, 5.74) is 3.87. The predicted octanol–water partition coefficient (Wildman–Crippen LogP) is 4.22. The summed E-state index contributed by atoms with van der Waals surface area (Å²) in [7, 11) is 0. The summed E-state index contributed by atoms with van der Waals surface area (Å²) in [6.07, 6.45) is 1.57. The molecule has 4 nitrogen and oxygen atoms in total. The molecular weight excluding hydrogens is 459 g/mol. The molecule has 2 rings (SSSR count). The number of carbonyl (C=O) groups is 1. The van der Waals surface area contributed by atoms with E-state index < -0.39 is 0 Å². The lowest BCUT2D eigenvalue weighted by molar-refractivity contribution is 0.0955. The van der Waals surface area contributed by atoms with Gasteiger partial charge < -0.3 is 4.74 Å². The van der Waals surface area contributed by atoms with Crippen molar-refractivity contribution in [1.82, 2.24) is 5.43 Å². The topological polar surface area (TPSA) is 50.7 Å². The third kappa shape index (κ3) is 4.81. The third-order valence-electron chi connectivity index (χ3n) is 2.75. The Morgan fingerprint density at radius 2 is 2.05 bits per heavy atom. The molecule has 0 radical (unpaired) electrons. The van der Waals surface area contributed by atoms with E-state index in [0.717, 1.165) is 19.4 Å². The van der Waals surface area contributed by atoms with Crippen LogP contribution in [0.25, 0.3) is 0 Å². The van der Waals surface area contributed by atoms with Gasteiger partial charge in [-0.15, -0.1) is 0 Å². The van der Waals surface area contributed by atoms with Crippen LogP contribution in [-0.4, -0.2) is 18.7 Å². The van der Waals surface area contributed by atoms with E-state index >= 15 is 0 Å². The van der Waals surface area contributed by atoms with Crippen LogP contribution in [0.2, 0.25) is 0 Å². The minimum atomic E-state index is -0.249. The first-order chi connectivity index (χ1) is 10.6. The van der Waals surface area contributed by atoms with Gasteiger partial charge in [0.25, 0.3) is 5.91 Å². The zero-order valence-corrected chi connectivity index (χ0v) is 15.6. The van der Waals surface area contributed by atoms with Crippen molar-refractivity contribution >= 4 is 50.6 Å². The minimum Gasteiger partial charge on any atom is -0.493 e. The molecule has 114 valence electrons. The van der Waals surface area contributed by atoms with Crippen molar-refractivity contribution in [3.63, 3.8) is 0 Å².